The average molecular weight is 778 g/mol. The predicted molar refractivity (Wildman–Crippen MR) is 218 cm³/mol. The van der Waals surface area contributed by atoms with Gasteiger partial charge in [-0.3, -0.25) is 14.4 Å². The van der Waals surface area contributed by atoms with Gasteiger partial charge in [0, 0.05) is 28.4 Å². The van der Waals surface area contributed by atoms with Crippen molar-refractivity contribution in [2.24, 2.45) is 17.8 Å². The highest BCUT2D eigenvalue weighted by molar-refractivity contribution is 8.14. The number of nitrogens with one attached hydrogen (secondary N) is 3. The van der Waals surface area contributed by atoms with Crippen LogP contribution in [-0.2, 0) is 19.1 Å². The number of carbonyl (C=O) groups excluding carboxylic acids is 4. The van der Waals surface area contributed by atoms with Crippen LogP contribution in [0.4, 0.5) is 4.79 Å². The number of pyridine rings is 1. The van der Waals surface area contributed by atoms with Crippen LogP contribution in [0.3, 0.4) is 0 Å². The minimum absolute atomic E-state index is 0.0473. The average Bonchev–Trinajstić information content (AvgIpc) is 4.08. The molecule has 2 heterocycles. The Morgan fingerprint density at radius 1 is 1.11 bits per heavy atom. The number of fused-ring (bicyclic) bond motifs is 1. The van der Waals surface area contributed by atoms with Crippen LogP contribution >= 0.6 is 10.7 Å². The molecular weight excluding hydrogens is 719 g/mol. The molecule has 1 aromatic carbocycles. The van der Waals surface area contributed by atoms with E-state index in [0.29, 0.717) is 35.6 Å². The van der Waals surface area contributed by atoms with E-state index in [0.717, 1.165) is 36.5 Å². The van der Waals surface area contributed by atoms with Gasteiger partial charge < -0.3 is 34.5 Å². The number of ether oxygens (including phenoxy) is 3. The summed E-state index contributed by atoms with van der Waals surface area (Å²) < 4.78 is 20.8. The van der Waals surface area contributed by atoms with Gasteiger partial charge in [0.05, 0.1) is 19.9 Å². The molecule has 1 aliphatic heterocycles. The standard InChI is InChI=1S/C42H59N5O7S/c1-10-26(4)16-15-17-27(5)35(44-40(51)54-41(6,7)8)38(49)47-25-29(53-37-32-19-14-13-18-31(32)34(52-9)24-43-37)22-33(47)36(48)45-42(23-28(42)11-2)39(50)46-55(12-3)30-20-21-30/h10-14,18-19,24,26-30,33,35H,1-2,15-17,20-23,25H2,3-9H3,(H,44,51)(H,45,48)(H,46,50)/t26?,27-,28-,29-,33+,35+,42-,55?/m1/s1. The number of likely N-dealkylation sites (tertiary alicyclic amines) is 1. The Morgan fingerprint density at radius 2 is 1.82 bits per heavy atom. The second-order valence-electron chi connectivity index (χ2n) is 16.1. The Balaban J connectivity index is 1.45. The summed E-state index contributed by atoms with van der Waals surface area (Å²) in [6, 6.07) is 5.56. The van der Waals surface area contributed by atoms with Gasteiger partial charge in [0.1, 0.15) is 35.1 Å². The van der Waals surface area contributed by atoms with E-state index in [2.05, 4.69) is 40.4 Å². The van der Waals surface area contributed by atoms with E-state index in [9.17, 15) is 19.2 Å². The largest absolute Gasteiger partial charge is 0.494 e. The quantitative estimate of drug-likeness (QED) is 0.123. The number of benzene rings is 1. The lowest BCUT2D eigenvalue weighted by molar-refractivity contribution is -0.142. The maximum atomic E-state index is 14.8. The lowest BCUT2D eigenvalue weighted by Gasteiger charge is -2.33. The molecule has 4 amide bonds. The molecule has 1 saturated heterocycles. The predicted octanol–water partition coefficient (Wildman–Crippen LogP) is 6.46. The fourth-order valence-corrected chi connectivity index (χ4v) is 8.94. The first-order chi connectivity index (χ1) is 26.1. The van der Waals surface area contributed by atoms with Crippen molar-refractivity contribution in [2.75, 3.05) is 13.7 Å². The fraction of sp³-hybridized carbons (Fsp3) is 0.571. The molecule has 12 nitrogen and oxygen atoms in total. The minimum Gasteiger partial charge on any atom is -0.494 e. The number of rotatable bonds is 17. The van der Waals surface area contributed by atoms with E-state index in [-0.39, 0.29) is 30.7 Å². The van der Waals surface area contributed by atoms with Crippen LogP contribution in [0.1, 0.15) is 86.5 Å². The Hall–Kier alpha value is -4.39. The molecule has 0 radical (unpaired) electrons. The summed E-state index contributed by atoms with van der Waals surface area (Å²) in [6.45, 7) is 19.1. The van der Waals surface area contributed by atoms with E-state index in [1.54, 1.807) is 40.2 Å². The zero-order valence-electron chi connectivity index (χ0n) is 33.4. The summed E-state index contributed by atoms with van der Waals surface area (Å²) in [5.41, 5.74) is -1.97. The van der Waals surface area contributed by atoms with Crippen LogP contribution in [0.25, 0.3) is 10.8 Å². The van der Waals surface area contributed by atoms with Crippen molar-refractivity contribution in [2.45, 2.75) is 121 Å². The van der Waals surface area contributed by atoms with E-state index in [1.165, 1.54) is 4.90 Å². The third kappa shape index (κ3) is 10.1. The van der Waals surface area contributed by atoms with E-state index < -0.39 is 57.9 Å². The molecular formula is C42H59N5O7S. The number of methoxy groups -OCH3 is 1. The monoisotopic (exact) mass is 777 g/mol. The van der Waals surface area contributed by atoms with Crippen LogP contribution in [0.5, 0.6) is 11.6 Å². The molecule has 13 heteroatoms. The van der Waals surface area contributed by atoms with Gasteiger partial charge in [-0.15, -0.1) is 13.2 Å². The third-order valence-electron chi connectivity index (χ3n) is 10.7. The summed E-state index contributed by atoms with van der Waals surface area (Å²) >= 11 is 0. The number of aromatic nitrogens is 1. The van der Waals surface area contributed by atoms with Gasteiger partial charge in [0.2, 0.25) is 17.7 Å². The molecule has 300 valence electrons. The van der Waals surface area contributed by atoms with Gasteiger partial charge >= 0.3 is 6.09 Å². The maximum Gasteiger partial charge on any atom is 0.408 e. The van der Waals surface area contributed by atoms with Crippen molar-refractivity contribution < 1.29 is 33.4 Å². The second-order valence-corrected chi connectivity index (χ2v) is 18.2. The molecule has 2 aromatic rings. The third-order valence-corrected chi connectivity index (χ3v) is 12.8. The summed E-state index contributed by atoms with van der Waals surface area (Å²) in [6.07, 6.45) is 8.80. The zero-order chi connectivity index (χ0) is 40.1. The first-order valence-electron chi connectivity index (χ1n) is 19.4. The topological polar surface area (TPSA) is 148 Å². The highest BCUT2D eigenvalue weighted by Gasteiger charge is 2.61. The van der Waals surface area contributed by atoms with Gasteiger partial charge in [-0.25, -0.2) is 9.78 Å². The minimum atomic E-state index is -1.17. The lowest BCUT2D eigenvalue weighted by Crippen LogP contribution is -2.58. The highest BCUT2D eigenvalue weighted by atomic mass is 32.2. The molecule has 2 saturated carbocycles. The number of nitrogens with zero attached hydrogens (tertiary/aromatic N) is 2. The Morgan fingerprint density at radius 3 is 2.42 bits per heavy atom. The van der Waals surface area contributed by atoms with Crippen LogP contribution in [0, 0.1) is 17.8 Å². The van der Waals surface area contributed by atoms with Crippen molar-refractivity contribution in [1.82, 2.24) is 25.2 Å². The number of carbonyl (C=O) groups is 4. The van der Waals surface area contributed by atoms with Crippen molar-refractivity contribution in [3.05, 3.63) is 55.8 Å². The second kappa shape index (κ2) is 17.6. The summed E-state index contributed by atoms with van der Waals surface area (Å²) in [5, 5.41) is 9.89. The molecule has 55 heavy (non-hydrogen) atoms. The number of alkyl carbamates (subject to hydrolysis) is 1. The first-order valence-corrected chi connectivity index (χ1v) is 20.8. The summed E-state index contributed by atoms with van der Waals surface area (Å²) in [4.78, 5) is 62.5. The van der Waals surface area contributed by atoms with E-state index >= 15 is 0 Å². The molecule has 3 N–H and O–H groups in total. The molecule has 0 spiro atoms. The zero-order valence-corrected chi connectivity index (χ0v) is 34.2. The summed E-state index contributed by atoms with van der Waals surface area (Å²) in [5.74, 6) is -0.477. The SMILES string of the molecule is C=CC(C)CCC[C@@H](C)[C@H](NC(=O)OC(C)(C)C)C(=O)N1C[C@H](Oc2ncc(OC)c3ccccc23)C[C@H]1C(=O)N[C@]1(C(=O)N/S(=C/C)C2CC2)C[C@H]1C=C. The smallest absolute Gasteiger partial charge is 0.408 e. The number of hydrogen-bond acceptors (Lipinski definition) is 8. The Bertz CT molecular complexity index is 1810. The van der Waals surface area contributed by atoms with Gasteiger partial charge in [0.15, 0.2) is 0 Å². The van der Waals surface area contributed by atoms with Gasteiger partial charge in [0.25, 0.3) is 5.91 Å². The van der Waals surface area contributed by atoms with Crippen molar-refractivity contribution in [3.63, 3.8) is 0 Å². The number of allylic oxidation sites excluding steroid dienone is 1. The van der Waals surface area contributed by atoms with Crippen LogP contribution in [-0.4, -0.2) is 87.3 Å². The highest BCUT2D eigenvalue weighted by Crippen LogP contribution is 2.47. The van der Waals surface area contributed by atoms with Crippen molar-refractivity contribution in [3.8, 4) is 11.6 Å². The van der Waals surface area contributed by atoms with Crippen LogP contribution in [0.2, 0.25) is 0 Å². The molecule has 0 bridgehead atoms. The van der Waals surface area contributed by atoms with Crippen LogP contribution < -0.4 is 24.8 Å². The molecule has 1 aromatic heterocycles. The maximum absolute atomic E-state index is 14.8. The Kier molecular flexibility index (Phi) is 13.4. The van der Waals surface area contributed by atoms with Gasteiger partial charge in [-0.05, 0) is 83.1 Å². The normalized spacial score (nSPS) is 24.2. The van der Waals surface area contributed by atoms with E-state index in [1.807, 2.05) is 49.6 Å². The van der Waals surface area contributed by atoms with Gasteiger partial charge in [-0.1, -0.05) is 61.3 Å². The summed E-state index contributed by atoms with van der Waals surface area (Å²) in [7, 11) is 1.18. The molecule has 3 aliphatic rings. The number of hydrogen-bond donors (Lipinski definition) is 3. The van der Waals surface area contributed by atoms with E-state index in [4.69, 9.17) is 14.2 Å². The van der Waals surface area contributed by atoms with Gasteiger partial charge in [-0.2, -0.15) is 0 Å². The number of amides is 4. The molecule has 5 rings (SSSR count). The van der Waals surface area contributed by atoms with Crippen LogP contribution in [0.15, 0.2) is 55.8 Å². The first kappa shape index (κ1) is 41.8. The molecule has 2 unspecified atom stereocenters. The lowest BCUT2D eigenvalue weighted by atomic mass is 9.92. The van der Waals surface area contributed by atoms with Crippen molar-refractivity contribution >= 4 is 50.6 Å². The molecule has 8 atom stereocenters. The fourth-order valence-electron chi connectivity index (χ4n) is 7.23. The Labute approximate surface area is 328 Å². The molecule has 3 fully saturated rings. The van der Waals surface area contributed by atoms with Crippen molar-refractivity contribution in [1.29, 1.82) is 0 Å². The molecule has 2 aliphatic carbocycles.